The molecule has 0 spiro atoms. The van der Waals surface area contributed by atoms with E-state index in [-0.39, 0.29) is 34.2 Å². The summed E-state index contributed by atoms with van der Waals surface area (Å²) < 4.78 is 11.1. The van der Waals surface area contributed by atoms with Crippen LogP contribution in [-0.4, -0.2) is 78.8 Å². The van der Waals surface area contributed by atoms with Gasteiger partial charge in [-0.25, -0.2) is 19.9 Å². The molecule has 2 saturated heterocycles. The van der Waals surface area contributed by atoms with Crippen molar-refractivity contribution in [2.24, 2.45) is 0 Å². The molecule has 2 aliphatic heterocycles. The number of hydrogen-bond donors (Lipinski definition) is 2. The van der Waals surface area contributed by atoms with Crippen LogP contribution < -0.4 is 9.47 Å². The Morgan fingerprint density at radius 3 is 1.70 bits per heavy atom. The number of H-pyrrole nitrogens is 2. The number of benzene rings is 4. The number of rotatable bonds is 6. The van der Waals surface area contributed by atoms with Gasteiger partial charge in [0.25, 0.3) is 11.8 Å². The van der Waals surface area contributed by atoms with Gasteiger partial charge in [-0.05, 0) is 86.3 Å². The average Bonchev–Trinajstić information content (AvgIpc) is 4.10. The van der Waals surface area contributed by atoms with Crippen LogP contribution in [0.1, 0.15) is 81.5 Å². The monoisotopic (exact) mass is 834 g/mol. The normalized spacial score (nSPS) is 16.5. The molecule has 0 saturated carbocycles. The van der Waals surface area contributed by atoms with Gasteiger partial charge in [0, 0.05) is 45.8 Å². The van der Waals surface area contributed by atoms with Crippen molar-refractivity contribution in [1.29, 1.82) is 0 Å². The highest BCUT2D eigenvalue weighted by atomic mass is 35.5. The highest BCUT2D eigenvalue weighted by molar-refractivity contribution is 6.31. The van der Waals surface area contributed by atoms with Gasteiger partial charge in [0.15, 0.2) is 0 Å². The zero-order valence-electron chi connectivity index (χ0n) is 32.6. The van der Waals surface area contributed by atoms with E-state index in [9.17, 15) is 9.59 Å². The van der Waals surface area contributed by atoms with Crippen molar-refractivity contribution in [1.82, 2.24) is 39.7 Å². The molecule has 0 bridgehead atoms. The molecule has 2 fully saturated rings. The first-order chi connectivity index (χ1) is 29.3. The van der Waals surface area contributed by atoms with Crippen molar-refractivity contribution >= 4 is 78.6 Å². The lowest BCUT2D eigenvalue weighted by molar-refractivity contribution is 0.0719. The molecule has 4 aromatic carbocycles. The van der Waals surface area contributed by atoms with Crippen LogP contribution in [0.25, 0.3) is 43.6 Å². The molecule has 0 radical (unpaired) electrons. The molecule has 2 aliphatic rings. The first kappa shape index (κ1) is 37.6. The fourth-order valence-corrected chi connectivity index (χ4v) is 9.04. The second-order valence-corrected chi connectivity index (χ2v) is 15.7. The lowest BCUT2D eigenvalue weighted by Crippen LogP contribution is -2.32. The molecular weight excluding hydrogens is 799 g/mol. The summed E-state index contributed by atoms with van der Waals surface area (Å²) in [7, 11) is 3.18. The van der Waals surface area contributed by atoms with Crippen LogP contribution in [0.15, 0.2) is 84.9 Å². The van der Waals surface area contributed by atoms with E-state index >= 15 is 0 Å². The van der Waals surface area contributed by atoms with E-state index in [4.69, 9.17) is 42.6 Å². The number of carbonyl (C=O) groups excluding carboxylic acids is 2. The molecule has 10 rings (SSSR count). The fraction of sp³-hybridized carbons (Fsp3) is 0.217. The summed E-state index contributed by atoms with van der Waals surface area (Å²) in [5.74, 6) is 8.86. The van der Waals surface area contributed by atoms with Gasteiger partial charge in [0.05, 0.1) is 48.4 Å². The number of imidazole rings is 2. The molecule has 0 unspecified atom stereocenters. The number of pyridine rings is 2. The van der Waals surface area contributed by atoms with Crippen molar-refractivity contribution in [3.05, 3.63) is 129 Å². The highest BCUT2D eigenvalue weighted by Crippen LogP contribution is 2.38. The van der Waals surface area contributed by atoms with E-state index < -0.39 is 0 Å². The van der Waals surface area contributed by atoms with Gasteiger partial charge in [0.1, 0.15) is 44.8 Å². The number of carbonyl (C=O) groups is 2. The van der Waals surface area contributed by atoms with Gasteiger partial charge >= 0.3 is 0 Å². The van der Waals surface area contributed by atoms with Crippen LogP contribution in [0.5, 0.6) is 11.5 Å². The third-order valence-electron chi connectivity index (χ3n) is 11.5. The Bertz CT molecular complexity index is 2910. The minimum atomic E-state index is -0.252. The zero-order valence-corrected chi connectivity index (χ0v) is 34.1. The van der Waals surface area contributed by atoms with Crippen LogP contribution in [0.2, 0.25) is 10.3 Å². The SMILES string of the molecule is COc1cccc2c(C(=O)N3CCC[C@H]3c3nc4cc(C#Cc5ccc6nc([C@@H]7CCCN7C(=O)c7nc(Cl)cc8c(OC)cccc78)[nH]c6c5)ccc4[nH]3)nc(Cl)cc12. The fourth-order valence-electron chi connectivity index (χ4n) is 8.65. The molecule has 14 heteroatoms. The standard InChI is InChI=1S/C46H36Cl2N8O4/c1-59-37-11-3-7-27-29(37)23-39(47)53-41(27)45(57)55-19-5-9-35(55)43-49-31-17-15-25(21-33(31)51-43)13-14-26-16-18-32-34(22-26)52-44(50-32)36-10-6-20-56(36)46(58)42-28-8-4-12-38(60-2)30(28)24-40(48)54-42/h3-4,7-8,11-12,15-18,21-24,35-36H,5-6,9-10,19-20H2,1-2H3,(H,49,51)(H,50,52)/t35-,36-/m0/s1. The Hall–Kier alpha value is -6.68. The van der Waals surface area contributed by atoms with Crippen molar-refractivity contribution < 1.29 is 19.1 Å². The summed E-state index contributed by atoms with van der Waals surface area (Å²) >= 11 is 12.8. The number of methoxy groups -OCH3 is 2. The number of nitrogens with zero attached hydrogens (tertiary/aromatic N) is 6. The first-order valence-electron chi connectivity index (χ1n) is 19.7. The van der Waals surface area contributed by atoms with Crippen molar-refractivity contribution in [3.8, 4) is 23.3 Å². The second kappa shape index (κ2) is 15.2. The lowest BCUT2D eigenvalue weighted by Gasteiger charge is -2.23. The van der Waals surface area contributed by atoms with Crippen LogP contribution in [0.4, 0.5) is 0 Å². The second-order valence-electron chi connectivity index (χ2n) is 15.0. The smallest absolute Gasteiger partial charge is 0.273 e. The molecule has 2 atom stereocenters. The van der Waals surface area contributed by atoms with E-state index in [0.717, 1.165) is 69.6 Å². The van der Waals surface area contributed by atoms with E-state index in [0.29, 0.717) is 58.4 Å². The highest BCUT2D eigenvalue weighted by Gasteiger charge is 2.36. The minimum absolute atomic E-state index is 0.203. The van der Waals surface area contributed by atoms with E-state index in [1.807, 2.05) is 82.6 Å². The van der Waals surface area contributed by atoms with Crippen molar-refractivity contribution in [2.45, 2.75) is 37.8 Å². The summed E-state index contributed by atoms with van der Waals surface area (Å²) in [6.45, 7) is 1.15. The predicted molar refractivity (Wildman–Crippen MR) is 231 cm³/mol. The van der Waals surface area contributed by atoms with Gasteiger partial charge in [-0.15, -0.1) is 0 Å². The van der Waals surface area contributed by atoms with Crippen molar-refractivity contribution in [2.75, 3.05) is 27.3 Å². The van der Waals surface area contributed by atoms with E-state index in [2.05, 4.69) is 31.8 Å². The van der Waals surface area contributed by atoms with Gasteiger partial charge in [-0.3, -0.25) is 9.59 Å². The van der Waals surface area contributed by atoms with Gasteiger partial charge in [-0.2, -0.15) is 0 Å². The predicted octanol–water partition coefficient (Wildman–Crippen LogP) is 9.21. The molecule has 8 aromatic rings. The molecule has 12 nitrogen and oxygen atoms in total. The summed E-state index contributed by atoms with van der Waals surface area (Å²) in [5, 5.41) is 3.29. The molecule has 60 heavy (non-hydrogen) atoms. The van der Waals surface area contributed by atoms with Crippen LogP contribution in [0, 0.1) is 11.8 Å². The Morgan fingerprint density at radius 1 is 0.617 bits per heavy atom. The number of nitrogens with one attached hydrogen (secondary N) is 2. The Kier molecular flexibility index (Phi) is 9.50. The number of hydrogen-bond acceptors (Lipinski definition) is 8. The maximum atomic E-state index is 14.1. The summed E-state index contributed by atoms with van der Waals surface area (Å²) in [5.41, 5.74) is 5.42. The van der Waals surface area contributed by atoms with Gasteiger partial charge in [-0.1, -0.05) is 59.3 Å². The quantitative estimate of drug-likeness (QED) is 0.125. The summed E-state index contributed by atoms with van der Waals surface area (Å²) in [4.78, 5) is 57.5. The Balaban J connectivity index is 0.881. The maximum Gasteiger partial charge on any atom is 0.273 e. The molecular formula is C46H36Cl2N8O4. The number of likely N-dealkylation sites (tertiary alicyclic amines) is 2. The number of amides is 2. The maximum absolute atomic E-state index is 14.1. The summed E-state index contributed by atoms with van der Waals surface area (Å²) in [6.07, 6.45) is 3.19. The molecule has 0 aliphatic carbocycles. The third-order valence-corrected chi connectivity index (χ3v) is 11.9. The first-order valence-corrected chi connectivity index (χ1v) is 20.4. The molecule has 6 heterocycles. The largest absolute Gasteiger partial charge is 0.496 e. The molecule has 4 aromatic heterocycles. The van der Waals surface area contributed by atoms with Crippen molar-refractivity contribution in [3.63, 3.8) is 0 Å². The topological polar surface area (TPSA) is 142 Å². The van der Waals surface area contributed by atoms with Gasteiger partial charge < -0.3 is 29.2 Å². The van der Waals surface area contributed by atoms with E-state index in [1.54, 1.807) is 26.4 Å². The number of fused-ring (bicyclic) bond motifs is 4. The number of aromatic nitrogens is 6. The minimum Gasteiger partial charge on any atom is -0.496 e. The third kappa shape index (κ3) is 6.60. The number of aromatic amines is 2. The average molecular weight is 836 g/mol. The Labute approximate surface area is 353 Å². The van der Waals surface area contributed by atoms with Crippen LogP contribution >= 0.6 is 23.2 Å². The molecule has 298 valence electrons. The zero-order chi connectivity index (χ0) is 41.1. The number of ether oxygens (including phenoxy) is 2. The van der Waals surface area contributed by atoms with Gasteiger partial charge in [0.2, 0.25) is 0 Å². The van der Waals surface area contributed by atoms with E-state index in [1.165, 1.54) is 0 Å². The Morgan fingerprint density at radius 2 is 1.13 bits per heavy atom. The lowest BCUT2D eigenvalue weighted by atomic mass is 10.1. The molecule has 2 N–H and O–H groups in total. The van der Waals surface area contributed by atoms with Crippen LogP contribution in [0.3, 0.4) is 0 Å². The molecule has 2 amide bonds. The summed E-state index contributed by atoms with van der Waals surface area (Å²) in [6, 6.07) is 25.8. The van der Waals surface area contributed by atoms with Crippen LogP contribution in [-0.2, 0) is 0 Å². The number of halogens is 2.